The molecule has 0 saturated carbocycles. The molecule has 1 atom stereocenters. The van der Waals surface area contributed by atoms with Crippen LogP contribution in [0.5, 0.6) is 0 Å². The van der Waals surface area contributed by atoms with Crippen LogP contribution in [0.2, 0.25) is 0 Å². The molecule has 0 saturated heterocycles. The second-order valence-corrected chi connectivity index (χ2v) is 4.46. The molecule has 0 aromatic heterocycles. The van der Waals surface area contributed by atoms with Gasteiger partial charge in [0.15, 0.2) is 0 Å². The molecule has 1 aliphatic carbocycles. The Morgan fingerprint density at radius 2 is 2.07 bits per heavy atom. The van der Waals surface area contributed by atoms with Crippen LogP contribution in [-0.4, -0.2) is 0 Å². The molecular weight excluding hydrogens is 180 g/mol. The van der Waals surface area contributed by atoms with Crippen molar-refractivity contribution in [3.8, 4) is 0 Å². The number of fused-ring (bicyclic) bond motifs is 1. The van der Waals surface area contributed by atoms with Crippen LogP contribution in [0, 0.1) is 0 Å². The summed E-state index contributed by atoms with van der Waals surface area (Å²) in [6.07, 6.45) is 11.3. The van der Waals surface area contributed by atoms with Gasteiger partial charge in [0.05, 0.1) is 0 Å². The SMILES string of the molecule is CCCCCC1CC=Cc2ccccc21. The number of rotatable bonds is 4. The molecule has 0 heterocycles. The first-order valence-electron chi connectivity index (χ1n) is 6.17. The van der Waals surface area contributed by atoms with E-state index in [1.54, 1.807) is 5.56 Å². The molecule has 0 heteroatoms. The van der Waals surface area contributed by atoms with Crippen LogP contribution in [0.4, 0.5) is 0 Å². The number of hydrogen-bond acceptors (Lipinski definition) is 0. The van der Waals surface area contributed by atoms with Crippen molar-refractivity contribution in [1.29, 1.82) is 0 Å². The molecule has 15 heavy (non-hydrogen) atoms. The van der Waals surface area contributed by atoms with E-state index in [0.717, 1.165) is 5.92 Å². The van der Waals surface area contributed by atoms with E-state index in [2.05, 4.69) is 43.3 Å². The number of allylic oxidation sites excluding steroid dienone is 1. The van der Waals surface area contributed by atoms with Gasteiger partial charge in [-0.05, 0) is 29.9 Å². The molecule has 0 radical (unpaired) electrons. The maximum atomic E-state index is 2.33. The molecule has 0 amide bonds. The first kappa shape index (κ1) is 10.5. The van der Waals surface area contributed by atoms with Gasteiger partial charge in [0, 0.05) is 0 Å². The van der Waals surface area contributed by atoms with Gasteiger partial charge in [0.25, 0.3) is 0 Å². The molecule has 1 aliphatic rings. The van der Waals surface area contributed by atoms with Gasteiger partial charge in [-0.1, -0.05) is 62.6 Å². The molecular formula is C15H20. The van der Waals surface area contributed by atoms with Crippen molar-refractivity contribution >= 4 is 6.08 Å². The predicted molar refractivity (Wildman–Crippen MR) is 67.0 cm³/mol. The number of hydrogen-bond donors (Lipinski definition) is 0. The summed E-state index contributed by atoms with van der Waals surface area (Å²) in [5.41, 5.74) is 3.00. The Morgan fingerprint density at radius 1 is 1.20 bits per heavy atom. The van der Waals surface area contributed by atoms with Gasteiger partial charge in [-0.15, -0.1) is 0 Å². The zero-order valence-electron chi connectivity index (χ0n) is 9.58. The highest BCUT2D eigenvalue weighted by Gasteiger charge is 2.15. The van der Waals surface area contributed by atoms with Crippen molar-refractivity contribution in [2.75, 3.05) is 0 Å². The second-order valence-electron chi connectivity index (χ2n) is 4.46. The van der Waals surface area contributed by atoms with Gasteiger partial charge in [-0.3, -0.25) is 0 Å². The van der Waals surface area contributed by atoms with Crippen molar-refractivity contribution < 1.29 is 0 Å². The van der Waals surface area contributed by atoms with Crippen molar-refractivity contribution in [3.63, 3.8) is 0 Å². The minimum absolute atomic E-state index is 0.776. The second kappa shape index (κ2) is 5.16. The lowest BCUT2D eigenvalue weighted by Gasteiger charge is -2.21. The van der Waals surface area contributed by atoms with Crippen LogP contribution in [0.15, 0.2) is 30.3 Å². The third-order valence-electron chi connectivity index (χ3n) is 3.31. The smallest absolute Gasteiger partial charge is 0.0121 e. The van der Waals surface area contributed by atoms with E-state index >= 15 is 0 Å². The van der Waals surface area contributed by atoms with E-state index in [4.69, 9.17) is 0 Å². The molecule has 0 N–H and O–H groups in total. The van der Waals surface area contributed by atoms with E-state index in [-0.39, 0.29) is 0 Å². The van der Waals surface area contributed by atoms with Gasteiger partial charge < -0.3 is 0 Å². The number of unbranched alkanes of at least 4 members (excludes halogenated alkanes) is 2. The molecule has 1 unspecified atom stereocenters. The normalized spacial score (nSPS) is 18.9. The van der Waals surface area contributed by atoms with Crippen LogP contribution in [0.3, 0.4) is 0 Å². The Morgan fingerprint density at radius 3 is 2.93 bits per heavy atom. The molecule has 0 aliphatic heterocycles. The molecule has 0 nitrogen and oxygen atoms in total. The molecule has 0 fully saturated rings. The Kier molecular flexibility index (Phi) is 3.60. The first-order chi connectivity index (χ1) is 7.42. The van der Waals surface area contributed by atoms with E-state index in [1.165, 1.54) is 37.7 Å². The lowest BCUT2D eigenvalue weighted by Crippen LogP contribution is -2.03. The van der Waals surface area contributed by atoms with Crippen LogP contribution in [-0.2, 0) is 0 Å². The highest BCUT2D eigenvalue weighted by atomic mass is 14.2. The van der Waals surface area contributed by atoms with Crippen molar-refractivity contribution in [1.82, 2.24) is 0 Å². The average molecular weight is 200 g/mol. The van der Waals surface area contributed by atoms with Gasteiger partial charge >= 0.3 is 0 Å². The summed E-state index contributed by atoms with van der Waals surface area (Å²) in [5.74, 6) is 0.776. The third kappa shape index (κ3) is 2.50. The van der Waals surface area contributed by atoms with Crippen LogP contribution < -0.4 is 0 Å². The van der Waals surface area contributed by atoms with Crippen LogP contribution in [0.1, 0.15) is 56.1 Å². The quantitative estimate of drug-likeness (QED) is 0.614. The lowest BCUT2D eigenvalue weighted by molar-refractivity contribution is 0.567. The maximum absolute atomic E-state index is 2.33. The fourth-order valence-electron chi connectivity index (χ4n) is 2.43. The van der Waals surface area contributed by atoms with Crippen LogP contribution >= 0.6 is 0 Å². The highest BCUT2D eigenvalue weighted by molar-refractivity contribution is 5.57. The minimum Gasteiger partial charge on any atom is -0.0833 e. The molecule has 80 valence electrons. The van der Waals surface area contributed by atoms with Crippen molar-refractivity contribution in [2.45, 2.75) is 44.9 Å². The fraction of sp³-hybridized carbons (Fsp3) is 0.467. The summed E-state index contributed by atoms with van der Waals surface area (Å²) in [7, 11) is 0. The summed E-state index contributed by atoms with van der Waals surface area (Å²) in [5, 5.41) is 0. The van der Waals surface area contributed by atoms with E-state index < -0.39 is 0 Å². The summed E-state index contributed by atoms with van der Waals surface area (Å²) in [4.78, 5) is 0. The predicted octanol–water partition coefficient (Wildman–Crippen LogP) is 4.77. The van der Waals surface area contributed by atoms with Gasteiger partial charge in [0.1, 0.15) is 0 Å². The lowest BCUT2D eigenvalue weighted by atomic mass is 9.84. The van der Waals surface area contributed by atoms with Gasteiger partial charge in [0.2, 0.25) is 0 Å². The van der Waals surface area contributed by atoms with E-state index in [0.29, 0.717) is 0 Å². The Bertz CT molecular complexity index is 336. The summed E-state index contributed by atoms with van der Waals surface area (Å²) >= 11 is 0. The van der Waals surface area contributed by atoms with Crippen LogP contribution in [0.25, 0.3) is 6.08 Å². The monoisotopic (exact) mass is 200 g/mol. The average Bonchev–Trinajstić information content (AvgIpc) is 2.30. The fourth-order valence-corrected chi connectivity index (χ4v) is 2.43. The minimum atomic E-state index is 0.776. The Labute approximate surface area is 93.0 Å². The molecule has 1 aromatic rings. The van der Waals surface area contributed by atoms with Crippen molar-refractivity contribution in [2.24, 2.45) is 0 Å². The Hall–Kier alpha value is -1.04. The van der Waals surface area contributed by atoms with Gasteiger partial charge in [-0.25, -0.2) is 0 Å². The molecule has 0 bridgehead atoms. The molecule has 2 rings (SSSR count). The first-order valence-corrected chi connectivity index (χ1v) is 6.17. The summed E-state index contributed by atoms with van der Waals surface area (Å²) < 4.78 is 0. The number of benzene rings is 1. The Balaban J connectivity index is 2.05. The maximum Gasteiger partial charge on any atom is -0.0121 e. The zero-order chi connectivity index (χ0) is 10.5. The molecule has 0 spiro atoms. The van der Waals surface area contributed by atoms with Crippen molar-refractivity contribution in [3.05, 3.63) is 41.5 Å². The molecule has 1 aromatic carbocycles. The highest BCUT2D eigenvalue weighted by Crippen LogP contribution is 2.33. The summed E-state index contributed by atoms with van der Waals surface area (Å²) in [6, 6.07) is 8.84. The van der Waals surface area contributed by atoms with E-state index in [9.17, 15) is 0 Å². The third-order valence-corrected chi connectivity index (χ3v) is 3.31. The zero-order valence-corrected chi connectivity index (χ0v) is 9.58. The summed E-state index contributed by atoms with van der Waals surface area (Å²) in [6.45, 7) is 2.27. The van der Waals surface area contributed by atoms with E-state index in [1.807, 2.05) is 0 Å². The van der Waals surface area contributed by atoms with Gasteiger partial charge in [-0.2, -0.15) is 0 Å². The largest absolute Gasteiger partial charge is 0.0833 e. The standard InChI is InChI=1S/C15H20/c1-2-3-4-8-13-10-7-11-14-9-5-6-12-15(13)14/h5-7,9,11-13H,2-4,8,10H2,1H3. The topological polar surface area (TPSA) is 0 Å².